The normalized spacial score (nSPS) is 9.79. The minimum absolute atomic E-state index is 0.326. The van der Waals surface area contributed by atoms with Crippen LogP contribution in [0.1, 0.15) is 10.4 Å². The standard InChI is InChI=1S/C7H7IN2O3S/c8-5-1-4(3-14-5)7(12)10-13-2-6(9)11/h1,3H,2H2,(H2,9,11)(H,10,12). The van der Waals surface area contributed by atoms with E-state index < -0.39 is 5.91 Å². The molecule has 7 heteroatoms. The summed E-state index contributed by atoms with van der Waals surface area (Å²) in [6.45, 7) is -0.326. The van der Waals surface area contributed by atoms with Crippen molar-refractivity contribution < 1.29 is 14.4 Å². The van der Waals surface area contributed by atoms with Gasteiger partial charge in [0.05, 0.1) is 8.45 Å². The van der Waals surface area contributed by atoms with E-state index in [-0.39, 0.29) is 12.5 Å². The van der Waals surface area contributed by atoms with E-state index in [0.717, 1.165) is 2.88 Å². The molecule has 0 saturated heterocycles. The Kier molecular flexibility index (Phi) is 4.29. The van der Waals surface area contributed by atoms with Crippen LogP contribution in [0.3, 0.4) is 0 Å². The molecule has 0 fully saturated rings. The molecule has 5 nitrogen and oxygen atoms in total. The van der Waals surface area contributed by atoms with Gasteiger partial charge in [-0.05, 0) is 28.7 Å². The molecule has 76 valence electrons. The summed E-state index contributed by atoms with van der Waals surface area (Å²) in [7, 11) is 0. The molecule has 0 saturated carbocycles. The molecule has 0 unspecified atom stereocenters. The molecule has 0 spiro atoms. The number of amides is 2. The van der Waals surface area contributed by atoms with Crippen LogP contribution in [0.2, 0.25) is 0 Å². The molecule has 0 aliphatic rings. The molecule has 0 aliphatic carbocycles. The van der Waals surface area contributed by atoms with E-state index in [0.29, 0.717) is 5.56 Å². The molecule has 0 aliphatic heterocycles. The Balaban J connectivity index is 2.39. The van der Waals surface area contributed by atoms with Crippen LogP contribution in [0.15, 0.2) is 11.4 Å². The van der Waals surface area contributed by atoms with E-state index in [4.69, 9.17) is 5.73 Å². The van der Waals surface area contributed by atoms with Crippen molar-refractivity contribution in [3.8, 4) is 0 Å². The lowest BCUT2D eigenvalue weighted by molar-refractivity contribution is -0.124. The summed E-state index contributed by atoms with van der Waals surface area (Å²) in [5.41, 5.74) is 7.42. The highest BCUT2D eigenvalue weighted by Gasteiger charge is 2.07. The van der Waals surface area contributed by atoms with Crippen LogP contribution in [0, 0.1) is 2.88 Å². The Morgan fingerprint density at radius 1 is 1.64 bits per heavy atom. The number of hydroxylamine groups is 1. The van der Waals surface area contributed by atoms with Crippen molar-refractivity contribution in [3.05, 3.63) is 19.9 Å². The fourth-order valence-corrected chi connectivity index (χ4v) is 1.99. The third kappa shape index (κ3) is 3.60. The van der Waals surface area contributed by atoms with Crippen molar-refractivity contribution in [1.29, 1.82) is 0 Å². The van der Waals surface area contributed by atoms with E-state index in [9.17, 15) is 9.59 Å². The first-order chi connectivity index (χ1) is 6.59. The van der Waals surface area contributed by atoms with Crippen molar-refractivity contribution in [2.75, 3.05) is 6.61 Å². The predicted molar refractivity (Wildman–Crippen MR) is 59.6 cm³/mol. The van der Waals surface area contributed by atoms with Gasteiger partial charge in [-0.25, -0.2) is 5.48 Å². The number of primary amides is 1. The zero-order chi connectivity index (χ0) is 10.6. The molecule has 2 amide bonds. The van der Waals surface area contributed by atoms with Crippen LogP contribution < -0.4 is 11.2 Å². The van der Waals surface area contributed by atoms with Crippen LogP contribution >= 0.6 is 33.9 Å². The second-order valence-corrected chi connectivity index (χ2v) is 5.13. The maximum absolute atomic E-state index is 11.3. The van der Waals surface area contributed by atoms with Crippen molar-refractivity contribution in [1.82, 2.24) is 5.48 Å². The molecule has 0 atom stereocenters. The quantitative estimate of drug-likeness (QED) is 0.624. The Morgan fingerprint density at radius 2 is 2.36 bits per heavy atom. The average Bonchev–Trinajstić information content (AvgIpc) is 2.51. The van der Waals surface area contributed by atoms with Gasteiger partial charge < -0.3 is 5.73 Å². The molecule has 1 heterocycles. The maximum atomic E-state index is 11.3. The summed E-state index contributed by atoms with van der Waals surface area (Å²) < 4.78 is 1.00. The molecule has 14 heavy (non-hydrogen) atoms. The first-order valence-corrected chi connectivity index (χ1v) is 5.50. The van der Waals surface area contributed by atoms with Gasteiger partial charge in [-0.15, -0.1) is 11.3 Å². The van der Waals surface area contributed by atoms with E-state index in [2.05, 4.69) is 32.9 Å². The summed E-state index contributed by atoms with van der Waals surface area (Å²) in [5, 5.41) is 1.70. The summed E-state index contributed by atoms with van der Waals surface area (Å²) in [5.74, 6) is -1.02. The lowest BCUT2D eigenvalue weighted by atomic mass is 10.3. The molecule has 0 aromatic carbocycles. The van der Waals surface area contributed by atoms with E-state index in [1.165, 1.54) is 11.3 Å². The van der Waals surface area contributed by atoms with Gasteiger partial charge >= 0.3 is 0 Å². The lowest BCUT2D eigenvalue weighted by Crippen LogP contribution is -2.29. The van der Waals surface area contributed by atoms with E-state index >= 15 is 0 Å². The molecular formula is C7H7IN2O3S. The van der Waals surface area contributed by atoms with Crippen LogP contribution in [-0.2, 0) is 9.63 Å². The number of nitrogens with two attached hydrogens (primary N) is 1. The molecule has 1 rings (SSSR count). The van der Waals surface area contributed by atoms with Crippen molar-refractivity contribution in [2.45, 2.75) is 0 Å². The van der Waals surface area contributed by atoms with Crippen LogP contribution in [0.4, 0.5) is 0 Å². The molecule has 1 aromatic rings. The van der Waals surface area contributed by atoms with Crippen molar-refractivity contribution >= 4 is 45.7 Å². The van der Waals surface area contributed by atoms with Crippen LogP contribution in [-0.4, -0.2) is 18.4 Å². The maximum Gasteiger partial charge on any atom is 0.275 e. The van der Waals surface area contributed by atoms with Gasteiger partial charge in [0.25, 0.3) is 5.91 Å². The number of hydrogen-bond donors (Lipinski definition) is 2. The SMILES string of the molecule is NC(=O)CONC(=O)c1csc(I)c1. The van der Waals surface area contributed by atoms with Gasteiger partial charge in [-0.2, -0.15) is 0 Å². The summed E-state index contributed by atoms with van der Waals surface area (Å²) in [4.78, 5) is 26.1. The van der Waals surface area contributed by atoms with Gasteiger partial charge in [0.1, 0.15) is 0 Å². The zero-order valence-electron chi connectivity index (χ0n) is 6.95. The number of carbonyl (C=O) groups is 2. The third-order valence-electron chi connectivity index (χ3n) is 1.21. The second-order valence-electron chi connectivity index (χ2n) is 2.33. The highest BCUT2D eigenvalue weighted by atomic mass is 127. The number of nitrogens with one attached hydrogen (secondary N) is 1. The van der Waals surface area contributed by atoms with Crippen LogP contribution in [0.5, 0.6) is 0 Å². The largest absolute Gasteiger partial charge is 0.368 e. The fraction of sp³-hybridized carbons (Fsp3) is 0.143. The monoisotopic (exact) mass is 326 g/mol. The van der Waals surface area contributed by atoms with Crippen molar-refractivity contribution in [3.63, 3.8) is 0 Å². The third-order valence-corrected chi connectivity index (χ3v) is 3.00. The Morgan fingerprint density at radius 3 is 2.86 bits per heavy atom. The van der Waals surface area contributed by atoms with E-state index in [1.54, 1.807) is 11.4 Å². The average molecular weight is 326 g/mol. The minimum atomic E-state index is -0.634. The Labute approximate surface area is 97.7 Å². The minimum Gasteiger partial charge on any atom is -0.368 e. The topological polar surface area (TPSA) is 81.4 Å². The van der Waals surface area contributed by atoms with Gasteiger partial charge in [-0.1, -0.05) is 0 Å². The number of thiophene rings is 1. The predicted octanol–water partition coefficient (Wildman–Crippen LogP) is 0.499. The van der Waals surface area contributed by atoms with Gasteiger partial charge in [-0.3, -0.25) is 14.4 Å². The highest BCUT2D eigenvalue weighted by Crippen LogP contribution is 2.16. The summed E-state index contributed by atoms with van der Waals surface area (Å²) in [6.07, 6.45) is 0. The summed E-state index contributed by atoms with van der Waals surface area (Å²) in [6, 6.07) is 1.72. The number of hydrogen-bond acceptors (Lipinski definition) is 4. The molecular weight excluding hydrogens is 319 g/mol. The second kappa shape index (κ2) is 5.27. The fourth-order valence-electron chi connectivity index (χ4n) is 0.661. The number of halogens is 1. The zero-order valence-corrected chi connectivity index (χ0v) is 9.92. The smallest absolute Gasteiger partial charge is 0.275 e. The molecule has 3 N–H and O–H groups in total. The van der Waals surface area contributed by atoms with Crippen molar-refractivity contribution in [2.24, 2.45) is 5.73 Å². The van der Waals surface area contributed by atoms with Crippen LogP contribution in [0.25, 0.3) is 0 Å². The highest BCUT2D eigenvalue weighted by molar-refractivity contribution is 14.1. The Bertz CT molecular complexity index is 352. The van der Waals surface area contributed by atoms with Gasteiger partial charge in [0, 0.05) is 5.38 Å². The van der Waals surface area contributed by atoms with Gasteiger partial charge in [0.2, 0.25) is 5.91 Å². The molecule has 1 aromatic heterocycles. The van der Waals surface area contributed by atoms with E-state index in [1.807, 2.05) is 0 Å². The molecule has 0 bridgehead atoms. The lowest BCUT2D eigenvalue weighted by Gasteiger charge is -2.01. The number of carbonyl (C=O) groups excluding carboxylic acids is 2. The van der Waals surface area contributed by atoms with Gasteiger partial charge in [0.15, 0.2) is 6.61 Å². The molecule has 0 radical (unpaired) electrons. The number of rotatable bonds is 4. The summed E-state index contributed by atoms with van der Waals surface area (Å²) >= 11 is 3.56. The first-order valence-electron chi connectivity index (χ1n) is 3.54. The Hall–Kier alpha value is -0.670. The first kappa shape index (κ1) is 11.4.